The van der Waals surface area contributed by atoms with Crippen molar-refractivity contribution >= 4 is 22.9 Å². The molecule has 0 bridgehead atoms. The standard InChI is InChI=1S/C13H18N4OS/c1-3-5-10-11(14)12(16-15-10)13(18)17(2)8-9-6-4-7-19-9/h4,6-7H,3,5,8,14H2,1-2H3,(H,15,16). The average Bonchev–Trinajstić information content (AvgIpc) is 3.00. The minimum absolute atomic E-state index is 0.149. The Kier molecular flexibility index (Phi) is 4.21. The summed E-state index contributed by atoms with van der Waals surface area (Å²) in [6.07, 6.45) is 1.77. The van der Waals surface area contributed by atoms with Crippen LogP contribution in [0, 0.1) is 0 Å². The van der Waals surface area contributed by atoms with Gasteiger partial charge >= 0.3 is 0 Å². The number of H-pyrrole nitrogens is 1. The second-order valence-electron chi connectivity index (χ2n) is 4.46. The molecule has 2 heterocycles. The third-order valence-corrected chi connectivity index (χ3v) is 3.77. The number of anilines is 1. The van der Waals surface area contributed by atoms with Crippen LogP contribution >= 0.6 is 11.3 Å². The molecule has 19 heavy (non-hydrogen) atoms. The molecule has 0 aliphatic carbocycles. The van der Waals surface area contributed by atoms with Gasteiger partial charge in [0.2, 0.25) is 0 Å². The summed E-state index contributed by atoms with van der Waals surface area (Å²) in [6, 6.07) is 3.98. The smallest absolute Gasteiger partial charge is 0.276 e. The molecule has 0 spiro atoms. The molecule has 0 radical (unpaired) electrons. The number of aromatic amines is 1. The van der Waals surface area contributed by atoms with Crippen LogP contribution in [0.5, 0.6) is 0 Å². The van der Waals surface area contributed by atoms with E-state index < -0.39 is 0 Å². The summed E-state index contributed by atoms with van der Waals surface area (Å²) in [5.41, 5.74) is 7.60. The molecule has 0 fully saturated rings. The SMILES string of the molecule is CCCc1[nH]nc(C(=O)N(C)Cc2cccs2)c1N. The third-order valence-electron chi connectivity index (χ3n) is 2.91. The number of nitrogens with one attached hydrogen (secondary N) is 1. The van der Waals surface area contributed by atoms with Crippen molar-refractivity contribution in [3.05, 3.63) is 33.8 Å². The van der Waals surface area contributed by atoms with Crippen LogP contribution in [0.1, 0.15) is 34.4 Å². The largest absolute Gasteiger partial charge is 0.395 e. The van der Waals surface area contributed by atoms with E-state index in [2.05, 4.69) is 17.1 Å². The van der Waals surface area contributed by atoms with Gasteiger partial charge in [-0.2, -0.15) is 5.10 Å². The number of rotatable bonds is 5. The number of carbonyl (C=O) groups excluding carboxylic acids is 1. The highest BCUT2D eigenvalue weighted by Crippen LogP contribution is 2.18. The molecule has 0 saturated carbocycles. The van der Waals surface area contributed by atoms with Crippen LogP contribution in [0.2, 0.25) is 0 Å². The molecular formula is C13H18N4OS. The highest BCUT2D eigenvalue weighted by atomic mass is 32.1. The molecule has 5 nitrogen and oxygen atoms in total. The number of amides is 1. The van der Waals surface area contributed by atoms with Gasteiger partial charge in [0.25, 0.3) is 5.91 Å². The Labute approximate surface area is 116 Å². The van der Waals surface area contributed by atoms with Crippen LogP contribution in [0.3, 0.4) is 0 Å². The molecule has 0 aliphatic heterocycles. The lowest BCUT2D eigenvalue weighted by Gasteiger charge is -2.15. The monoisotopic (exact) mass is 278 g/mol. The van der Waals surface area contributed by atoms with Crippen molar-refractivity contribution in [3.8, 4) is 0 Å². The number of nitrogens with two attached hydrogens (primary N) is 1. The summed E-state index contributed by atoms with van der Waals surface area (Å²) >= 11 is 1.63. The molecule has 0 aromatic carbocycles. The summed E-state index contributed by atoms with van der Waals surface area (Å²) in [5, 5.41) is 8.89. The fraction of sp³-hybridized carbons (Fsp3) is 0.385. The van der Waals surface area contributed by atoms with Crippen molar-refractivity contribution in [1.82, 2.24) is 15.1 Å². The van der Waals surface area contributed by atoms with E-state index in [4.69, 9.17) is 5.73 Å². The van der Waals surface area contributed by atoms with Gasteiger partial charge in [-0.15, -0.1) is 11.3 Å². The number of aromatic nitrogens is 2. The predicted molar refractivity (Wildman–Crippen MR) is 77.1 cm³/mol. The topological polar surface area (TPSA) is 75.0 Å². The minimum Gasteiger partial charge on any atom is -0.395 e. The zero-order valence-corrected chi connectivity index (χ0v) is 12.0. The maximum atomic E-state index is 12.3. The molecular weight excluding hydrogens is 260 g/mol. The van der Waals surface area contributed by atoms with Gasteiger partial charge in [-0.25, -0.2) is 0 Å². The van der Waals surface area contributed by atoms with Crippen LogP contribution in [-0.4, -0.2) is 28.1 Å². The van der Waals surface area contributed by atoms with Crippen molar-refractivity contribution in [1.29, 1.82) is 0 Å². The summed E-state index contributed by atoms with van der Waals surface area (Å²) in [5.74, 6) is -0.149. The van der Waals surface area contributed by atoms with Crippen LogP contribution in [0.4, 0.5) is 5.69 Å². The van der Waals surface area contributed by atoms with Crippen molar-refractivity contribution in [2.45, 2.75) is 26.3 Å². The van der Waals surface area contributed by atoms with Gasteiger partial charge in [0.15, 0.2) is 5.69 Å². The quantitative estimate of drug-likeness (QED) is 0.881. The molecule has 1 amide bonds. The van der Waals surface area contributed by atoms with Gasteiger partial charge < -0.3 is 10.6 Å². The van der Waals surface area contributed by atoms with E-state index in [1.165, 1.54) is 0 Å². The first-order chi connectivity index (χ1) is 9.13. The van der Waals surface area contributed by atoms with Gasteiger partial charge in [0, 0.05) is 11.9 Å². The number of nitrogens with zero attached hydrogens (tertiary/aromatic N) is 2. The van der Waals surface area contributed by atoms with E-state index in [-0.39, 0.29) is 5.91 Å². The van der Waals surface area contributed by atoms with E-state index in [0.29, 0.717) is 17.9 Å². The number of hydrogen-bond acceptors (Lipinski definition) is 4. The first-order valence-corrected chi connectivity index (χ1v) is 7.12. The van der Waals surface area contributed by atoms with Crippen molar-refractivity contribution in [2.24, 2.45) is 0 Å². The lowest BCUT2D eigenvalue weighted by Crippen LogP contribution is -2.26. The highest BCUT2D eigenvalue weighted by molar-refractivity contribution is 7.09. The molecule has 2 aromatic rings. The van der Waals surface area contributed by atoms with Gasteiger partial charge in [0.1, 0.15) is 0 Å². The molecule has 3 N–H and O–H groups in total. The van der Waals surface area contributed by atoms with E-state index in [0.717, 1.165) is 23.4 Å². The fourth-order valence-electron chi connectivity index (χ4n) is 1.88. The summed E-state index contributed by atoms with van der Waals surface area (Å²) in [4.78, 5) is 15.0. The lowest BCUT2D eigenvalue weighted by molar-refractivity contribution is 0.0781. The number of aryl methyl sites for hydroxylation is 1. The van der Waals surface area contributed by atoms with Crippen LogP contribution in [-0.2, 0) is 13.0 Å². The van der Waals surface area contributed by atoms with Crippen molar-refractivity contribution in [3.63, 3.8) is 0 Å². The fourth-order valence-corrected chi connectivity index (χ4v) is 2.64. The second-order valence-corrected chi connectivity index (χ2v) is 5.49. The Morgan fingerprint density at radius 1 is 1.58 bits per heavy atom. The Hall–Kier alpha value is -1.82. The molecule has 0 unspecified atom stereocenters. The number of hydrogen-bond donors (Lipinski definition) is 2. The van der Waals surface area contributed by atoms with E-state index in [1.807, 2.05) is 17.5 Å². The molecule has 0 saturated heterocycles. The number of thiophene rings is 1. The second kappa shape index (κ2) is 5.88. The van der Waals surface area contributed by atoms with Crippen LogP contribution < -0.4 is 5.73 Å². The van der Waals surface area contributed by atoms with Crippen molar-refractivity contribution in [2.75, 3.05) is 12.8 Å². The first kappa shape index (κ1) is 13.6. The summed E-state index contributed by atoms with van der Waals surface area (Å²) in [6.45, 7) is 2.64. The molecule has 2 aromatic heterocycles. The van der Waals surface area contributed by atoms with Gasteiger partial charge in [-0.3, -0.25) is 9.89 Å². The molecule has 2 rings (SSSR count). The zero-order chi connectivity index (χ0) is 13.8. The Balaban J connectivity index is 2.10. The first-order valence-electron chi connectivity index (χ1n) is 6.24. The molecule has 102 valence electrons. The van der Waals surface area contributed by atoms with Gasteiger partial charge in [0.05, 0.1) is 17.9 Å². The molecule has 0 aliphatic rings. The van der Waals surface area contributed by atoms with Crippen LogP contribution in [0.15, 0.2) is 17.5 Å². The van der Waals surface area contributed by atoms with E-state index >= 15 is 0 Å². The predicted octanol–water partition coefficient (Wildman–Crippen LogP) is 2.28. The third kappa shape index (κ3) is 2.96. The minimum atomic E-state index is -0.149. The van der Waals surface area contributed by atoms with Crippen molar-refractivity contribution < 1.29 is 4.79 Å². The Bertz CT molecular complexity index is 547. The Morgan fingerprint density at radius 2 is 2.37 bits per heavy atom. The number of nitrogen functional groups attached to an aromatic ring is 1. The summed E-state index contributed by atoms with van der Waals surface area (Å²) in [7, 11) is 1.76. The lowest BCUT2D eigenvalue weighted by atomic mass is 10.2. The molecule has 0 atom stereocenters. The molecule has 6 heteroatoms. The van der Waals surface area contributed by atoms with Crippen LogP contribution in [0.25, 0.3) is 0 Å². The maximum Gasteiger partial charge on any atom is 0.276 e. The normalized spacial score (nSPS) is 10.6. The van der Waals surface area contributed by atoms with Gasteiger partial charge in [-0.1, -0.05) is 19.4 Å². The highest BCUT2D eigenvalue weighted by Gasteiger charge is 2.20. The maximum absolute atomic E-state index is 12.3. The van der Waals surface area contributed by atoms with E-state index in [1.54, 1.807) is 23.3 Å². The number of carbonyl (C=O) groups is 1. The van der Waals surface area contributed by atoms with Gasteiger partial charge in [-0.05, 0) is 17.9 Å². The Morgan fingerprint density at radius 3 is 3.00 bits per heavy atom. The summed E-state index contributed by atoms with van der Waals surface area (Å²) < 4.78 is 0. The van der Waals surface area contributed by atoms with E-state index in [9.17, 15) is 4.79 Å². The zero-order valence-electron chi connectivity index (χ0n) is 11.1. The average molecular weight is 278 g/mol.